The molecule has 0 radical (unpaired) electrons. The average molecular weight is 257 g/mol. The number of halogens is 1. The van der Waals surface area contributed by atoms with Crippen LogP contribution in [0.15, 0.2) is 42.5 Å². The molecule has 0 fully saturated rings. The minimum Gasteiger partial charge on any atom is -0.478 e. The standard InChI is InChI=1S/C13H8FN3O2/c14-10-7-8(5-6-9(10)13(18)19)17-12-4-2-1-3-11(12)15-16-17/h1-7H,(H,18,19). The van der Waals surface area contributed by atoms with Gasteiger partial charge in [0.1, 0.15) is 11.3 Å². The van der Waals surface area contributed by atoms with Crippen molar-refractivity contribution in [3.05, 3.63) is 53.8 Å². The summed E-state index contributed by atoms with van der Waals surface area (Å²) in [7, 11) is 0. The van der Waals surface area contributed by atoms with E-state index in [2.05, 4.69) is 10.3 Å². The number of nitrogens with zero attached hydrogens (tertiary/aromatic N) is 3. The predicted octanol–water partition coefficient (Wildman–Crippen LogP) is 2.26. The van der Waals surface area contributed by atoms with Crippen molar-refractivity contribution in [3.63, 3.8) is 0 Å². The van der Waals surface area contributed by atoms with Crippen LogP contribution in [0.1, 0.15) is 10.4 Å². The highest BCUT2D eigenvalue weighted by atomic mass is 19.1. The summed E-state index contributed by atoms with van der Waals surface area (Å²) in [6, 6.07) is 11.1. The highest BCUT2D eigenvalue weighted by molar-refractivity contribution is 5.88. The molecule has 0 spiro atoms. The molecule has 3 rings (SSSR count). The fourth-order valence-corrected chi connectivity index (χ4v) is 1.87. The third-order valence-electron chi connectivity index (χ3n) is 2.78. The molecule has 1 aromatic heterocycles. The summed E-state index contributed by atoms with van der Waals surface area (Å²) >= 11 is 0. The minimum atomic E-state index is -1.30. The fraction of sp³-hybridized carbons (Fsp3) is 0. The van der Waals surface area contributed by atoms with Crippen LogP contribution in [-0.2, 0) is 0 Å². The topological polar surface area (TPSA) is 68.0 Å². The van der Waals surface area contributed by atoms with E-state index in [0.29, 0.717) is 11.2 Å². The SMILES string of the molecule is O=C(O)c1ccc(-n2nnc3ccccc32)cc1F. The van der Waals surface area contributed by atoms with E-state index in [1.54, 1.807) is 12.1 Å². The maximum Gasteiger partial charge on any atom is 0.338 e. The van der Waals surface area contributed by atoms with Crippen LogP contribution in [0.3, 0.4) is 0 Å². The third kappa shape index (κ3) is 1.83. The van der Waals surface area contributed by atoms with Crippen LogP contribution >= 0.6 is 0 Å². The number of aromatic nitrogens is 3. The van der Waals surface area contributed by atoms with Crippen LogP contribution in [0, 0.1) is 5.82 Å². The zero-order chi connectivity index (χ0) is 13.4. The Morgan fingerprint density at radius 2 is 2.00 bits per heavy atom. The summed E-state index contributed by atoms with van der Waals surface area (Å²) in [5.41, 5.74) is 1.47. The van der Waals surface area contributed by atoms with E-state index in [4.69, 9.17) is 5.11 Å². The van der Waals surface area contributed by atoms with Crippen molar-refractivity contribution in [2.24, 2.45) is 0 Å². The lowest BCUT2D eigenvalue weighted by molar-refractivity contribution is 0.0692. The summed E-state index contributed by atoms with van der Waals surface area (Å²) in [4.78, 5) is 10.8. The van der Waals surface area contributed by atoms with E-state index < -0.39 is 11.8 Å². The smallest absolute Gasteiger partial charge is 0.338 e. The molecule has 0 aliphatic carbocycles. The van der Waals surface area contributed by atoms with Gasteiger partial charge in [0, 0.05) is 6.07 Å². The molecule has 5 nitrogen and oxygen atoms in total. The second kappa shape index (κ2) is 4.16. The predicted molar refractivity (Wildman–Crippen MR) is 65.8 cm³/mol. The van der Waals surface area contributed by atoms with E-state index in [1.807, 2.05) is 12.1 Å². The van der Waals surface area contributed by atoms with Crippen molar-refractivity contribution < 1.29 is 14.3 Å². The van der Waals surface area contributed by atoms with Crippen molar-refractivity contribution in [2.45, 2.75) is 0 Å². The zero-order valence-corrected chi connectivity index (χ0v) is 9.62. The maximum absolute atomic E-state index is 13.7. The number of hydrogen-bond donors (Lipinski definition) is 1. The summed E-state index contributed by atoms with van der Waals surface area (Å²) in [6.07, 6.45) is 0. The molecule has 0 aliphatic heterocycles. The van der Waals surface area contributed by atoms with Gasteiger partial charge < -0.3 is 5.11 Å². The van der Waals surface area contributed by atoms with Crippen molar-refractivity contribution in [1.82, 2.24) is 15.0 Å². The molecule has 6 heteroatoms. The van der Waals surface area contributed by atoms with Gasteiger partial charge in [-0.15, -0.1) is 5.10 Å². The van der Waals surface area contributed by atoms with Gasteiger partial charge in [-0.05, 0) is 24.3 Å². The van der Waals surface area contributed by atoms with E-state index in [0.717, 1.165) is 11.6 Å². The average Bonchev–Trinajstić information content (AvgIpc) is 2.82. The molecule has 0 amide bonds. The summed E-state index contributed by atoms with van der Waals surface area (Å²) in [6.45, 7) is 0. The van der Waals surface area contributed by atoms with Gasteiger partial charge in [0.15, 0.2) is 0 Å². The normalized spacial score (nSPS) is 10.8. The van der Waals surface area contributed by atoms with E-state index >= 15 is 0 Å². The van der Waals surface area contributed by atoms with Gasteiger partial charge in [-0.3, -0.25) is 0 Å². The number of para-hydroxylation sites is 1. The summed E-state index contributed by atoms with van der Waals surface area (Å²) in [5, 5.41) is 16.7. The molecule has 94 valence electrons. The van der Waals surface area contributed by atoms with Crippen LogP contribution in [0.5, 0.6) is 0 Å². The molecule has 1 heterocycles. The lowest BCUT2D eigenvalue weighted by Crippen LogP contribution is -2.03. The molecule has 0 unspecified atom stereocenters. The Kier molecular flexibility index (Phi) is 2.49. The van der Waals surface area contributed by atoms with Crippen LogP contribution in [0.4, 0.5) is 4.39 Å². The first-order valence-corrected chi connectivity index (χ1v) is 5.50. The van der Waals surface area contributed by atoms with Crippen molar-refractivity contribution >= 4 is 17.0 Å². The second-order valence-corrected chi connectivity index (χ2v) is 3.96. The molecule has 1 N–H and O–H groups in total. The molecule has 3 aromatic rings. The Morgan fingerprint density at radius 1 is 1.21 bits per heavy atom. The van der Waals surface area contributed by atoms with Crippen molar-refractivity contribution in [2.75, 3.05) is 0 Å². The number of fused-ring (bicyclic) bond motifs is 1. The van der Waals surface area contributed by atoms with Crippen LogP contribution in [0.2, 0.25) is 0 Å². The molecule has 0 atom stereocenters. The lowest BCUT2D eigenvalue weighted by Gasteiger charge is -2.04. The number of carboxylic acids is 1. The zero-order valence-electron chi connectivity index (χ0n) is 9.62. The van der Waals surface area contributed by atoms with Gasteiger partial charge in [0.2, 0.25) is 0 Å². The Balaban J connectivity index is 2.17. The molecule has 19 heavy (non-hydrogen) atoms. The second-order valence-electron chi connectivity index (χ2n) is 3.96. The van der Waals surface area contributed by atoms with Crippen LogP contribution < -0.4 is 0 Å². The molecular weight excluding hydrogens is 249 g/mol. The van der Waals surface area contributed by atoms with Gasteiger partial charge in [0.25, 0.3) is 0 Å². The highest BCUT2D eigenvalue weighted by Crippen LogP contribution is 2.18. The molecule has 0 bridgehead atoms. The highest BCUT2D eigenvalue weighted by Gasteiger charge is 2.12. The van der Waals surface area contributed by atoms with Gasteiger partial charge in [0.05, 0.1) is 16.8 Å². The molecular formula is C13H8FN3O2. The fourth-order valence-electron chi connectivity index (χ4n) is 1.87. The molecule has 0 saturated heterocycles. The Bertz CT molecular complexity index is 782. The number of carboxylic acid groups (broad SMARTS) is 1. The first-order chi connectivity index (χ1) is 9.16. The first kappa shape index (κ1) is 11.3. The van der Waals surface area contributed by atoms with E-state index in [1.165, 1.54) is 16.8 Å². The Labute approximate surface area is 106 Å². The van der Waals surface area contributed by atoms with Gasteiger partial charge in [-0.1, -0.05) is 17.3 Å². The Hall–Kier alpha value is -2.76. The molecule has 2 aromatic carbocycles. The first-order valence-electron chi connectivity index (χ1n) is 5.50. The summed E-state index contributed by atoms with van der Waals surface area (Å²) in [5.74, 6) is -2.10. The largest absolute Gasteiger partial charge is 0.478 e. The van der Waals surface area contributed by atoms with Gasteiger partial charge in [-0.25, -0.2) is 13.9 Å². The quantitative estimate of drug-likeness (QED) is 0.764. The minimum absolute atomic E-state index is 0.367. The van der Waals surface area contributed by atoms with Gasteiger partial charge >= 0.3 is 5.97 Å². The summed E-state index contributed by atoms with van der Waals surface area (Å²) < 4.78 is 15.1. The number of rotatable bonds is 2. The molecule has 0 aliphatic rings. The number of benzene rings is 2. The lowest BCUT2D eigenvalue weighted by atomic mass is 10.2. The molecule has 0 saturated carbocycles. The Morgan fingerprint density at radius 3 is 2.74 bits per heavy atom. The van der Waals surface area contributed by atoms with Crippen molar-refractivity contribution in [3.8, 4) is 5.69 Å². The monoisotopic (exact) mass is 257 g/mol. The van der Waals surface area contributed by atoms with E-state index in [-0.39, 0.29) is 5.56 Å². The van der Waals surface area contributed by atoms with Crippen LogP contribution in [0.25, 0.3) is 16.7 Å². The third-order valence-corrected chi connectivity index (χ3v) is 2.78. The number of carbonyl (C=O) groups is 1. The number of aromatic carboxylic acids is 1. The maximum atomic E-state index is 13.7. The van der Waals surface area contributed by atoms with E-state index in [9.17, 15) is 9.18 Å². The van der Waals surface area contributed by atoms with Crippen molar-refractivity contribution in [1.29, 1.82) is 0 Å². The van der Waals surface area contributed by atoms with Crippen LogP contribution in [-0.4, -0.2) is 26.1 Å². The van der Waals surface area contributed by atoms with Gasteiger partial charge in [-0.2, -0.15) is 0 Å². The number of hydrogen-bond acceptors (Lipinski definition) is 3.